The molecule has 0 radical (unpaired) electrons. The summed E-state index contributed by atoms with van der Waals surface area (Å²) < 4.78 is 0. The van der Waals surface area contributed by atoms with Gasteiger partial charge >= 0.3 is 0 Å². The van der Waals surface area contributed by atoms with Crippen molar-refractivity contribution < 1.29 is 0 Å². The Kier molecular flexibility index (Phi) is 8.67. The Morgan fingerprint density at radius 3 is 2.73 bits per heavy atom. The Balaban J connectivity index is 0.00000243. The normalized spacial score (nSPS) is 16.9. The molecule has 6 heteroatoms. The molecule has 2 aromatic rings. The quantitative estimate of drug-likeness (QED) is 0.391. The molecule has 1 aliphatic heterocycles. The first-order valence-corrected chi connectivity index (χ1v) is 9.10. The summed E-state index contributed by atoms with van der Waals surface area (Å²) in [5.74, 6) is 0.901. The van der Waals surface area contributed by atoms with Crippen molar-refractivity contribution in [2.24, 2.45) is 4.99 Å². The van der Waals surface area contributed by atoms with Gasteiger partial charge in [-0.3, -0.25) is 9.98 Å². The number of aromatic nitrogens is 1. The summed E-state index contributed by atoms with van der Waals surface area (Å²) in [6.07, 6.45) is 3.82. The van der Waals surface area contributed by atoms with Crippen molar-refractivity contribution >= 4 is 35.6 Å². The molecule has 1 fully saturated rings. The van der Waals surface area contributed by atoms with Crippen LogP contribution in [0.15, 0.2) is 59.7 Å². The van der Waals surface area contributed by atoms with Gasteiger partial charge in [0.1, 0.15) is 0 Å². The number of nitrogens with zero attached hydrogens (tertiary/aromatic N) is 3. The number of nitrogens with one attached hydrogen (secondary N) is 2. The van der Waals surface area contributed by atoms with Gasteiger partial charge in [-0.2, -0.15) is 0 Å². The first-order chi connectivity index (χ1) is 12.3. The predicted octanol–water partition coefficient (Wildman–Crippen LogP) is 3.08. The molecule has 140 valence electrons. The Hall–Kier alpha value is -1.83. The van der Waals surface area contributed by atoms with E-state index in [1.807, 2.05) is 24.4 Å². The summed E-state index contributed by atoms with van der Waals surface area (Å²) >= 11 is 0. The maximum atomic E-state index is 4.71. The highest BCUT2D eigenvalue weighted by Gasteiger charge is 2.23. The zero-order valence-electron chi connectivity index (χ0n) is 15.3. The lowest BCUT2D eigenvalue weighted by Crippen LogP contribution is -2.44. The molecule has 1 aromatic carbocycles. The van der Waals surface area contributed by atoms with Gasteiger partial charge in [0.15, 0.2) is 5.96 Å². The molecular weight excluding hydrogens is 437 g/mol. The van der Waals surface area contributed by atoms with Crippen LogP contribution in [-0.4, -0.2) is 43.2 Å². The smallest absolute Gasteiger partial charge is 0.191 e. The predicted molar refractivity (Wildman–Crippen MR) is 120 cm³/mol. The number of guanidine groups is 1. The SMILES string of the molecule is CCNC(=NCCc1ccccn1)NC1CCN(c2ccccc2)C1.I. The van der Waals surface area contributed by atoms with Crippen molar-refractivity contribution in [2.75, 3.05) is 31.1 Å². The van der Waals surface area contributed by atoms with E-state index in [1.54, 1.807) is 0 Å². The zero-order chi connectivity index (χ0) is 17.3. The molecule has 0 amide bonds. The average molecular weight is 465 g/mol. The molecule has 0 saturated carbocycles. The van der Waals surface area contributed by atoms with Crippen molar-refractivity contribution in [3.8, 4) is 0 Å². The number of anilines is 1. The molecule has 1 aliphatic rings. The standard InChI is InChI=1S/C20H27N5.HI/c1-2-21-20(23-14-11-17-8-6-7-13-22-17)24-18-12-15-25(16-18)19-9-4-3-5-10-19;/h3-10,13,18H,2,11-12,14-16H2,1H3,(H2,21,23,24);1H. The Morgan fingerprint density at radius 1 is 1.19 bits per heavy atom. The van der Waals surface area contributed by atoms with E-state index in [1.165, 1.54) is 5.69 Å². The monoisotopic (exact) mass is 465 g/mol. The van der Waals surface area contributed by atoms with E-state index < -0.39 is 0 Å². The third kappa shape index (κ3) is 6.16. The van der Waals surface area contributed by atoms with Gasteiger partial charge in [0.2, 0.25) is 0 Å². The lowest BCUT2D eigenvalue weighted by molar-refractivity contribution is 0.649. The number of pyridine rings is 1. The number of halogens is 1. The van der Waals surface area contributed by atoms with Crippen molar-refractivity contribution in [3.63, 3.8) is 0 Å². The van der Waals surface area contributed by atoms with Crippen LogP contribution in [-0.2, 0) is 6.42 Å². The van der Waals surface area contributed by atoms with Crippen LogP contribution >= 0.6 is 24.0 Å². The van der Waals surface area contributed by atoms with Crippen LogP contribution in [0.5, 0.6) is 0 Å². The van der Waals surface area contributed by atoms with Gasteiger partial charge in [-0.25, -0.2) is 0 Å². The molecule has 2 heterocycles. The van der Waals surface area contributed by atoms with E-state index in [9.17, 15) is 0 Å². The summed E-state index contributed by atoms with van der Waals surface area (Å²) in [6.45, 7) is 5.79. The minimum atomic E-state index is 0. The molecule has 0 aliphatic carbocycles. The van der Waals surface area contributed by atoms with Gasteiger partial charge in [-0.1, -0.05) is 24.3 Å². The zero-order valence-corrected chi connectivity index (χ0v) is 17.6. The molecule has 1 atom stereocenters. The highest BCUT2D eigenvalue weighted by molar-refractivity contribution is 14.0. The Labute approximate surface area is 173 Å². The minimum absolute atomic E-state index is 0. The van der Waals surface area contributed by atoms with Gasteiger partial charge < -0.3 is 15.5 Å². The van der Waals surface area contributed by atoms with E-state index >= 15 is 0 Å². The molecule has 0 spiro atoms. The fourth-order valence-corrected chi connectivity index (χ4v) is 3.09. The molecule has 3 rings (SSSR count). The first kappa shape index (κ1) is 20.5. The van der Waals surface area contributed by atoms with Crippen molar-refractivity contribution in [1.82, 2.24) is 15.6 Å². The molecule has 1 unspecified atom stereocenters. The topological polar surface area (TPSA) is 52.6 Å². The van der Waals surface area contributed by atoms with Gasteiger partial charge in [0.05, 0.1) is 0 Å². The molecule has 1 saturated heterocycles. The lowest BCUT2D eigenvalue weighted by Gasteiger charge is -2.20. The maximum Gasteiger partial charge on any atom is 0.191 e. The lowest BCUT2D eigenvalue weighted by atomic mass is 10.2. The number of aliphatic imine (C=N–C) groups is 1. The third-order valence-corrected chi connectivity index (χ3v) is 4.36. The molecule has 5 nitrogen and oxygen atoms in total. The van der Waals surface area contributed by atoms with E-state index in [-0.39, 0.29) is 24.0 Å². The molecular formula is C20H28IN5. The van der Waals surface area contributed by atoms with E-state index in [4.69, 9.17) is 4.99 Å². The number of rotatable bonds is 6. The summed E-state index contributed by atoms with van der Waals surface area (Å²) in [5.41, 5.74) is 2.38. The minimum Gasteiger partial charge on any atom is -0.369 e. The van der Waals surface area contributed by atoms with Gasteiger partial charge in [0, 0.05) is 56.2 Å². The summed E-state index contributed by atoms with van der Waals surface area (Å²) in [5, 5.41) is 6.93. The second kappa shape index (κ2) is 11.0. The largest absolute Gasteiger partial charge is 0.369 e. The molecule has 1 aromatic heterocycles. The first-order valence-electron chi connectivity index (χ1n) is 9.10. The van der Waals surface area contributed by atoms with Crippen LogP contribution < -0.4 is 15.5 Å². The van der Waals surface area contributed by atoms with Crippen LogP contribution in [0.25, 0.3) is 0 Å². The Morgan fingerprint density at radius 2 is 2.00 bits per heavy atom. The Bertz CT molecular complexity index is 662. The fourth-order valence-electron chi connectivity index (χ4n) is 3.09. The highest BCUT2D eigenvalue weighted by atomic mass is 127. The van der Waals surface area contributed by atoms with Gasteiger partial charge in [-0.15, -0.1) is 24.0 Å². The van der Waals surface area contributed by atoms with Crippen LogP contribution in [0.2, 0.25) is 0 Å². The van der Waals surface area contributed by atoms with Crippen molar-refractivity contribution in [2.45, 2.75) is 25.8 Å². The number of hydrogen-bond donors (Lipinski definition) is 2. The molecule has 0 bridgehead atoms. The van der Waals surface area contributed by atoms with Crippen LogP contribution in [0, 0.1) is 0 Å². The summed E-state index contributed by atoms with van der Waals surface area (Å²) in [6, 6.07) is 17.0. The van der Waals surface area contributed by atoms with Gasteiger partial charge in [-0.05, 0) is 37.6 Å². The van der Waals surface area contributed by atoms with Crippen molar-refractivity contribution in [3.05, 3.63) is 60.4 Å². The van der Waals surface area contributed by atoms with Crippen molar-refractivity contribution in [1.29, 1.82) is 0 Å². The highest BCUT2D eigenvalue weighted by Crippen LogP contribution is 2.19. The maximum absolute atomic E-state index is 4.71. The van der Waals surface area contributed by atoms with E-state index in [0.717, 1.165) is 50.7 Å². The van der Waals surface area contributed by atoms with E-state index in [2.05, 4.69) is 57.8 Å². The summed E-state index contributed by atoms with van der Waals surface area (Å²) in [7, 11) is 0. The van der Waals surface area contributed by atoms with Crippen LogP contribution in [0.1, 0.15) is 19.0 Å². The number of para-hydroxylation sites is 1. The second-order valence-corrected chi connectivity index (χ2v) is 6.24. The summed E-state index contributed by atoms with van der Waals surface area (Å²) in [4.78, 5) is 11.5. The van der Waals surface area contributed by atoms with E-state index in [0.29, 0.717) is 6.04 Å². The number of hydrogen-bond acceptors (Lipinski definition) is 3. The number of benzene rings is 1. The fraction of sp³-hybridized carbons (Fsp3) is 0.400. The van der Waals surface area contributed by atoms with Gasteiger partial charge in [0.25, 0.3) is 0 Å². The second-order valence-electron chi connectivity index (χ2n) is 6.24. The van der Waals surface area contributed by atoms with Crippen LogP contribution in [0.3, 0.4) is 0 Å². The van der Waals surface area contributed by atoms with Crippen LogP contribution in [0.4, 0.5) is 5.69 Å². The third-order valence-electron chi connectivity index (χ3n) is 4.36. The average Bonchev–Trinajstić information content (AvgIpc) is 3.12. The molecule has 26 heavy (non-hydrogen) atoms. The molecule has 2 N–H and O–H groups in total.